The van der Waals surface area contributed by atoms with Crippen molar-refractivity contribution in [3.63, 3.8) is 0 Å². The Balaban J connectivity index is 1.56. The van der Waals surface area contributed by atoms with Crippen LogP contribution < -0.4 is 10.6 Å². The summed E-state index contributed by atoms with van der Waals surface area (Å²) in [6, 6.07) is 6.97. The number of urea groups is 1. The molecule has 1 unspecified atom stereocenters. The van der Waals surface area contributed by atoms with Crippen LogP contribution >= 0.6 is 0 Å². The molecule has 6 nitrogen and oxygen atoms in total. The number of nitrogens with one attached hydrogen (secondary N) is 2. The Morgan fingerprint density at radius 1 is 1.23 bits per heavy atom. The standard InChI is InChI=1S/C21H22F4N4O2/c1-13-17(7-8-18(27-13)21(23,24)25)19(30)29-9-3-4-14(12-29)11-26-20(31)28-16-6-2-5-15(22)10-16/h2,5-8,10,14H,3-4,9,11-12H2,1H3,(H2,26,28,31). The van der Waals surface area contributed by atoms with Crippen LogP contribution in [-0.2, 0) is 6.18 Å². The van der Waals surface area contributed by atoms with Crippen molar-refractivity contribution >= 4 is 17.6 Å². The Labute approximate surface area is 176 Å². The second-order valence-electron chi connectivity index (χ2n) is 7.43. The molecule has 0 spiro atoms. The van der Waals surface area contributed by atoms with Crippen LogP contribution in [0.3, 0.4) is 0 Å². The summed E-state index contributed by atoms with van der Waals surface area (Å²) < 4.78 is 51.6. The van der Waals surface area contributed by atoms with Crippen molar-refractivity contribution in [2.24, 2.45) is 5.92 Å². The largest absolute Gasteiger partial charge is 0.433 e. The first-order valence-corrected chi connectivity index (χ1v) is 9.78. The lowest BCUT2D eigenvalue weighted by atomic mass is 9.97. The monoisotopic (exact) mass is 438 g/mol. The smallest absolute Gasteiger partial charge is 0.338 e. The van der Waals surface area contributed by atoms with Gasteiger partial charge in [-0.05, 0) is 56.0 Å². The number of anilines is 1. The van der Waals surface area contributed by atoms with E-state index in [-0.39, 0.29) is 23.1 Å². The molecule has 166 valence electrons. The molecule has 2 aromatic rings. The van der Waals surface area contributed by atoms with Gasteiger partial charge >= 0.3 is 12.2 Å². The number of alkyl halides is 3. The van der Waals surface area contributed by atoms with Gasteiger partial charge < -0.3 is 15.5 Å². The van der Waals surface area contributed by atoms with E-state index in [1.54, 1.807) is 11.0 Å². The molecule has 1 atom stereocenters. The number of pyridine rings is 1. The maximum Gasteiger partial charge on any atom is 0.433 e. The molecule has 10 heteroatoms. The van der Waals surface area contributed by atoms with Gasteiger partial charge in [-0.3, -0.25) is 4.79 Å². The summed E-state index contributed by atoms with van der Waals surface area (Å²) in [5.74, 6) is -0.862. The topological polar surface area (TPSA) is 74.3 Å². The third-order valence-corrected chi connectivity index (χ3v) is 5.05. The van der Waals surface area contributed by atoms with E-state index < -0.39 is 23.7 Å². The second-order valence-corrected chi connectivity index (χ2v) is 7.43. The quantitative estimate of drug-likeness (QED) is 0.702. The number of nitrogens with zero attached hydrogens (tertiary/aromatic N) is 2. The van der Waals surface area contributed by atoms with E-state index in [4.69, 9.17) is 0 Å². The minimum Gasteiger partial charge on any atom is -0.338 e. The average Bonchev–Trinajstić information content (AvgIpc) is 2.71. The lowest BCUT2D eigenvalue weighted by molar-refractivity contribution is -0.141. The lowest BCUT2D eigenvalue weighted by Crippen LogP contribution is -2.44. The maximum atomic E-state index is 13.2. The van der Waals surface area contributed by atoms with E-state index in [0.717, 1.165) is 18.6 Å². The van der Waals surface area contributed by atoms with Crippen molar-refractivity contribution in [1.82, 2.24) is 15.2 Å². The van der Waals surface area contributed by atoms with E-state index in [0.29, 0.717) is 31.7 Å². The SMILES string of the molecule is Cc1nc(C(F)(F)F)ccc1C(=O)N1CCCC(CNC(=O)Nc2cccc(F)c2)C1. The van der Waals surface area contributed by atoms with Crippen molar-refractivity contribution in [3.8, 4) is 0 Å². The van der Waals surface area contributed by atoms with Crippen LogP contribution in [0.5, 0.6) is 0 Å². The van der Waals surface area contributed by atoms with Gasteiger partial charge in [0.1, 0.15) is 11.5 Å². The number of carbonyl (C=O) groups excluding carboxylic acids is 2. The summed E-state index contributed by atoms with van der Waals surface area (Å²) in [5, 5.41) is 5.24. The summed E-state index contributed by atoms with van der Waals surface area (Å²) in [7, 11) is 0. The molecule has 2 heterocycles. The van der Waals surface area contributed by atoms with E-state index >= 15 is 0 Å². The molecule has 3 rings (SSSR count). The molecule has 1 saturated heterocycles. The number of carbonyl (C=O) groups is 2. The van der Waals surface area contributed by atoms with Crippen LogP contribution in [0.25, 0.3) is 0 Å². The molecule has 0 radical (unpaired) electrons. The van der Waals surface area contributed by atoms with Crippen LogP contribution in [0.15, 0.2) is 36.4 Å². The highest BCUT2D eigenvalue weighted by Gasteiger charge is 2.33. The minimum atomic E-state index is -4.57. The molecule has 1 fully saturated rings. The molecule has 1 aliphatic rings. The molecule has 31 heavy (non-hydrogen) atoms. The summed E-state index contributed by atoms with van der Waals surface area (Å²) in [4.78, 5) is 29.9. The molecule has 1 aromatic heterocycles. The molecule has 0 bridgehead atoms. The number of aromatic nitrogens is 1. The Morgan fingerprint density at radius 2 is 2.00 bits per heavy atom. The number of hydrogen-bond acceptors (Lipinski definition) is 3. The maximum absolute atomic E-state index is 13.2. The van der Waals surface area contributed by atoms with Gasteiger partial charge in [0.25, 0.3) is 5.91 Å². The Bertz CT molecular complexity index is 965. The van der Waals surface area contributed by atoms with Gasteiger partial charge in [0.2, 0.25) is 0 Å². The Hall–Kier alpha value is -3.17. The van der Waals surface area contributed by atoms with E-state index in [1.165, 1.54) is 25.1 Å². The van der Waals surface area contributed by atoms with Gasteiger partial charge in [-0.15, -0.1) is 0 Å². The number of likely N-dealkylation sites (tertiary alicyclic amines) is 1. The van der Waals surface area contributed by atoms with Crippen molar-refractivity contribution in [2.75, 3.05) is 25.0 Å². The first kappa shape index (κ1) is 22.5. The molecule has 1 aromatic carbocycles. The summed E-state index contributed by atoms with van der Waals surface area (Å²) in [6.45, 7) is 2.52. The molecule has 1 aliphatic heterocycles. The van der Waals surface area contributed by atoms with Crippen molar-refractivity contribution in [2.45, 2.75) is 25.9 Å². The fourth-order valence-corrected chi connectivity index (χ4v) is 3.51. The summed E-state index contributed by atoms with van der Waals surface area (Å²) in [5.41, 5.74) is -0.560. The fraction of sp³-hybridized carbons (Fsp3) is 0.381. The number of hydrogen-bond donors (Lipinski definition) is 2. The molecule has 2 N–H and O–H groups in total. The first-order valence-electron chi connectivity index (χ1n) is 9.78. The van der Waals surface area contributed by atoms with Crippen molar-refractivity contribution in [3.05, 3.63) is 59.2 Å². The fourth-order valence-electron chi connectivity index (χ4n) is 3.51. The molecular weight excluding hydrogens is 416 g/mol. The van der Waals surface area contributed by atoms with Crippen LogP contribution in [-0.4, -0.2) is 41.5 Å². The lowest BCUT2D eigenvalue weighted by Gasteiger charge is -2.33. The predicted octanol–water partition coefficient (Wildman–Crippen LogP) is 4.22. The highest BCUT2D eigenvalue weighted by molar-refractivity contribution is 5.95. The van der Waals surface area contributed by atoms with Crippen molar-refractivity contribution < 1.29 is 27.2 Å². The predicted molar refractivity (Wildman–Crippen MR) is 106 cm³/mol. The van der Waals surface area contributed by atoms with E-state index in [9.17, 15) is 27.2 Å². The van der Waals surface area contributed by atoms with Gasteiger partial charge in [-0.1, -0.05) is 6.07 Å². The highest BCUT2D eigenvalue weighted by atomic mass is 19.4. The third kappa shape index (κ3) is 5.93. The van der Waals surface area contributed by atoms with Gasteiger partial charge in [-0.2, -0.15) is 13.2 Å². The van der Waals surface area contributed by atoms with Crippen LogP contribution in [0.1, 0.15) is 34.6 Å². The van der Waals surface area contributed by atoms with Crippen LogP contribution in [0.2, 0.25) is 0 Å². The van der Waals surface area contributed by atoms with Gasteiger partial charge in [0.05, 0.1) is 11.3 Å². The molecular formula is C21H22F4N4O2. The zero-order chi connectivity index (χ0) is 22.6. The van der Waals surface area contributed by atoms with Crippen LogP contribution in [0, 0.1) is 18.7 Å². The number of piperidine rings is 1. The van der Waals surface area contributed by atoms with Crippen LogP contribution in [0.4, 0.5) is 28.0 Å². The summed E-state index contributed by atoms with van der Waals surface area (Å²) >= 11 is 0. The first-order chi connectivity index (χ1) is 14.6. The molecule has 0 saturated carbocycles. The highest BCUT2D eigenvalue weighted by Crippen LogP contribution is 2.28. The molecule has 0 aliphatic carbocycles. The van der Waals surface area contributed by atoms with E-state index in [2.05, 4.69) is 15.6 Å². The summed E-state index contributed by atoms with van der Waals surface area (Å²) in [6.07, 6.45) is -3.08. The normalized spacial score (nSPS) is 16.7. The van der Waals surface area contributed by atoms with Crippen molar-refractivity contribution in [1.29, 1.82) is 0 Å². The average molecular weight is 438 g/mol. The van der Waals surface area contributed by atoms with Gasteiger partial charge in [-0.25, -0.2) is 14.2 Å². The van der Waals surface area contributed by atoms with Gasteiger partial charge in [0, 0.05) is 25.3 Å². The number of benzene rings is 1. The number of rotatable bonds is 4. The zero-order valence-electron chi connectivity index (χ0n) is 16.8. The third-order valence-electron chi connectivity index (χ3n) is 5.05. The van der Waals surface area contributed by atoms with Gasteiger partial charge in [0.15, 0.2) is 0 Å². The number of halogens is 4. The number of amides is 3. The number of aryl methyl sites for hydroxylation is 1. The molecule has 3 amide bonds. The Morgan fingerprint density at radius 3 is 2.68 bits per heavy atom. The second kappa shape index (κ2) is 9.32. The zero-order valence-corrected chi connectivity index (χ0v) is 16.8. The Kier molecular flexibility index (Phi) is 6.77. The van der Waals surface area contributed by atoms with E-state index in [1.807, 2.05) is 0 Å². The minimum absolute atomic E-state index is 0.0151.